The van der Waals surface area contributed by atoms with Crippen LogP contribution in [0.3, 0.4) is 0 Å². The number of hydrogen-bond acceptors (Lipinski definition) is 8. The molecule has 0 unspecified atom stereocenters. The lowest BCUT2D eigenvalue weighted by molar-refractivity contribution is -0.111. The van der Waals surface area contributed by atoms with Crippen LogP contribution in [0.15, 0.2) is 36.8 Å². The first-order valence-corrected chi connectivity index (χ1v) is 9.89. The molecule has 2 aromatic rings. The summed E-state index contributed by atoms with van der Waals surface area (Å²) in [6, 6.07) is 5.55. The zero-order valence-electron chi connectivity index (χ0n) is 17.1. The number of hydrogen-bond donors (Lipinski definition) is 3. The Kier molecular flexibility index (Phi) is 5.45. The molecule has 1 fully saturated rings. The van der Waals surface area contributed by atoms with E-state index < -0.39 is 0 Å². The number of ether oxygens (including phenoxy) is 2. The molecule has 1 aromatic carbocycles. The molecular formula is C21H26N6O3. The second kappa shape index (κ2) is 8.19. The summed E-state index contributed by atoms with van der Waals surface area (Å²) in [5.41, 5.74) is 8.07. The van der Waals surface area contributed by atoms with E-state index in [0.717, 1.165) is 30.2 Å². The number of rotatable bonds is 4. The van der Waals surface area contributed by atoms with Crippen molar-refractivity contribution in [1.29, 1.82) is 0 Å². The summed E-state index contributed by atoms with van der Waals surface area (Å²) in [4.78, 5) is 23.5. The van der Waals surface area contributed by atoms with Gasteiger partial charge in [-0.2, -0.15) is 0 Å². The number of aromatic nitrogens is 2. The van der Waals surface area contributed by atoms with Crippen LogP contribution >= 0.6 is 0 Å². The molecule has 0 aliphatic carbocycles. The van der Waals surface area contributed by atoms with Crippen molar-refractivity contribution in [2.75, 3.05) is 48.4 Å². The minimum Gasteiger partial charge on any atom is -0.489 e. The minimum atomic E-state index is -0.380. The largest absolute Gasteiger partial charge is 0.489 e. The highest BCUT2D eigenvalue weighted by Gasteiger charge is 2.28. The van der Waals surface area contributed by atoms with Gasteiger partial charge in [-0.15, -0.1) is 0 Å². The maximum absolute atomic E-state index is 13.0. The second-order valence-electron chi connectivity index (χ2n) is 7.87. The summed E-state index contributed by atoms with van der Waals surface area (Å²) < 4.78 is 11.5. The van der Waals surface area contributed by atoms with Gasteiger partial charge < -0.3 is 30.7 Å². The van der Waals surface area contributed by atoms with Gasteiger partial charge in [0.25, 0.3) is 5.91 Å². The van der Waals surface area contributed by atoms with Gasteiger partial charge in [0.1, 0.15) is 12.4 Å². The summed E-state index contributed by atoms with van der Waals surface area (Å²) >= 11 is 0. The van der Waals surface area contributed by atoms with E-state index in [9.17, 15) is 4.79 Å². The number of nitrogens with one attached hydrogen (secondary N) is 2. The van der Waals surface area contributed by atoms with Gasteiger partial charge in [-0.25, -0.2) is 9.97 Å². The molecule has 0 atom stereocenters. The first-order valence-electron chi connectivity index (χ1n) is 9.89. The highest BCUT2D eigenvalue weighted by atomic mass is 16.5. The van der Waals surface area contributed by atoms with Crippen molar-refractivity contribution < 1.29 is 14.3 Å². The van der Waals surface area contributed by atoms with Crippen LogP contribution in [0.1, 0.15) is 19.7 Å². The molecule has 158 valence electrons. The van der Waals surface area contributed by atoms with Gasteiger partial charge in [-0.05, 0) is 26.0 Å². The quantitative estimate of drug-likeness (QED) is 0.654. The molecule has 1 aromatic heterocycles. The molecule has 0 saturated carbocycles. The zero-order valence-corrected chi connectivity index (χ0v) is 17.1. The standard InChI is InChI=1S/C21H26N6O3/c1-21(2)13-30-18-11-17(27-6-8-29-9-7-27)15(10-16(18)26-21)25-20(28)14(12-22)19-23-4-3-5-24-19/h3-5,10-12,26H,6-9,13,22H2,1-2H3,(H,25,28). The molecule has 0 spiro atoms. The van der Waals surface area contributed by atoms with E-state index in [4.69, 9.17) is 15.2 Å². The average Bonchev–Trinajstić information content (AvgIpc) is 2.74. The molecule has 4 rings (SSSR count). The molecule has 0 bridgehead atoms. The van der Waals surface area contributed by atoms with Crippen LogP contribution in [-0.4, -0.2) is 54.3 Å². The Morgan fingerprint density at radius 2 is 2.00 bits per heavy atom. The van der Waals surface area contributed by atoms with Gasteiger partial charge in [-0.3, -0.25) is 4.79 Å². The summed E-state index contributed by atoms with van der Waals surface area (Å²) in [7, 11) is 0. The Morgan fingerprint density at radius 1 is 1.27 bits per heavy atom. The zero-order chi connectivity index (χ0) is 21.1. The maximum atomic E-state index is 13.0. The van der Waals surface area contributed by atoms with Crippen molar-refractivity contribution in [2.45, 2.75) is 19.4 Å². The van der Waals surface area contributed by atoms with Gasteiger partial charge in [-0.1, -0.05) is 0 Å². The number of amides is 1. The topological polar surface area (TPSA) is 115 Å². The molecule has 0 radical (unpaired) electrons. The van der Waals surface area contributed by atoms with Gasteiger partial charge in [0.15, 0.2) is 5.82 Å². The fraction of sp³-hybridized carbons (Fsp3) is 0.381. The van der Waals surface area contributed by atoms with Crippen molar-refractivity contribution in [3.05, 3.63) is 42.6 Å². The lowest BCUT2D eigenvalue weighted by Gasteiger charge is -2.36. The van der Waals surface area contributed by atoms with Crippen LogP contribution in [0, 0.1) is 0 Å². The van der Waals surface area contributed by atoms with Crippen molar-refractivity contribution in [1.82, 2.24) is 9.97 Å². The number of morpholine rings is 1. The fourth-order valence-electron chi connectivity index (χ4n) is 3.49. The number of fused-ring (bicyclic) bond motifs is 1. The Labute approximate surface area is 175 Å². The third-order valence-electron chi connectivity index (χ3n) is 4.98. The number of carbonyl (C=O) groups excluding carboxylic acids is 1. The molecular weight excluding hydrogens is 384 g/mol. The molecule has 30 heavy (non-hydrogen) atoms. The number of anilines is 3. The third kappa shape index (κ3) is 4.16. The van der Waals surface area contributed by atoms with Crippen LogP contribution in [0.25, 0.3) is 5.57 Å². The normalized spacial score (nSPS) is 18.1. The smallest absolute Gasteiger partial charge is 0.261 e. The van der Waals surface area contributed by atoms with Gasteiger partial charge >= 0.3 is 0 Å². The van der Waals surface area contributed by atoms with Gasteiger partial charge in [0.05, 0.1) is 41.4 Å². The Balaban J connectivity index is 1.69. The predicted octanol–water partition coefficient (Wildman–Crippen LogP) is 1.83. The average molecular weight is 410 g/mol. The molecule has 4 N–H and O–H groups in total. The first-order chi connectivity index (χ1) is 14.5. The molecule has 9 heteroatoms. The molecule has 9 nitrogen and oxygen atoms in total. The highest BCUT2D eigenvalue weighted by Crippen LogP contribution is 2.41. The Morgan fingerprint density at radius 3 is 2.70 bits per heavy atom. The van der Waals surface area contributed by atoms with Gasteiger partial charge in [0.2, 0.25) is 0 Å². The fourth-order valence-corrected chi connectivity index (χ4v) is 3.49. The van der Waals surface area contributed by atoms with Crippen LogP contribution < -0.4 is 26.0 Å². The third-order valence-corrected chi connectivity index (χ3v) is 4.98. The number of carbonyl (C=O) groups is 1. The van der Waals surface area contributed by atoms with Gasteiger partial charge in [0, 0.05) is 37.7 Å². The van der Waals surface area contributed by atoms with Crippen LogP contribution in [-0.2, 0) is 9.53 Å². The lowest BCUT2D eigenvalue weighted by Crippen LogP contribution is -2.41. The summed E-state index contributed by atoms with van der Waals surface area (Å²) in [5, 5.41) is 6.46. The summed E-state index contributed by atoms with van der Waals surface area (Å²) in [6.07, 6.45) is 4.36. The Bertz CT molecular complexity index is 955. The van der Waals surface area contributed by atoms with E-state index >= 15 is 0 Å². The maximum Gasteiger partial charge on any atom is 0.261 e. The van der Waals surface area contributed by atoms with Crippen molar-refractivity contribution in [3.8, 4) is 5.75 Å². The number of nitrogens with zero attached hydrogens (tertiary/aromatic N) is 3. The number of benzene rings is 1. The van der Waals surface area contributed by atoms with E-state index in [-0.39, 0.29) is 22.8 Å². The van der Waals surface area contributed by atoms with Crippen LogP contribution in [0.2, 0.25) is 0 Å². The first kappa shape index (κ1) is 20.0. The highest BCUT2D eigenvalue weighted by molar-refractivity contribution is 6.25. The second-order valence-corrected chi connectivity index (χ2v) is 7.87. The molecule has 2 aliphatic rings. The van der Waals surface area contributed by atoms with Crippen molar-refractivity contribution >= 4 is 28.5 Å². The predicted molar refractivity (Wildman–Crippen MR) is 115 cm³/mol. The molecule has 1 amide bonds. The van der Waals surface area contributed by atoms with E-state index in [1.807, 2.05) is 12.1 Å². The molecule has 3 heterocycles. The molecule has 2 aliphatic heterocycles. The minimum absolute atomic E-state index is 0.200. The van der Waals surface area contributed by atoms with E-state index in [1.165, 1.54) is 6.20 Å². The summed E-state index contributed by atoms with van der Waals surface area (Å²) in [6.45, 7) is 7.38. The van der Waals surface area contributed by atoms with Crippen LogP contribution in [0.5, 0.6) is 5.75 Å². The summed E-state index contributed by atoms with van der Waals surface area (Å²) in [5.74, 6) is 0.648. The van der Waals surface area contributed by atoms with E-state index in [2.05, 4.69) is 39.3 Å². The van der Waals surface area contributed by atoms with E-state index in [1.54, 1.807) is 18.5 Å². The SMILES string of the molecule is CC1(C)COc2cc(N3CCOCC3)c(NC(=O)C(=CN)c3ncccn3)cc2N1. The monoisotopic (exact) mass is 410 g/mol. The Hall–Kier alpha value is -3.33. The molecule has 1 saturated heterocycles. The van der Waals surface area contributed by atoms with Crippen LogP contribution in [0.4, 0.5) is 17.1 Å². The van der Waals surface area contributed by atoms with Crippen molar-refractivity contribution in [2.24, 2.45) is 5.73 Å². The number of nitrogens with two attached hydrogens (primary N) is 1. The van der Waals surface area contributed by atoms with Crippen molar-refractivity contribution in [3.63, 3.8) is 0 Å². The van der Waals surface area contributed by atoms with E-state index in [0.29, 0.717) is 25.5 Å². The lowest BCUT2D eigenvalue weighted by atomic mass is 10.0.